The summed E-state index contributed by atoms with van der Waals surface area (Å²) in [5, 5.41) is 0. The van der Waals surface area contributed by atoms with Gasteiger partial charge in [0.1, 0.15) is 17.0 Å². The summed E-state index contributed by atoms with van der Waals surface area (Å²) in [7, 11) is 1.83. The molecule has 90 valence electrons. The first-order chi connectivity index (χ1) is 8.66. The van der Waals surface area contributed by atoms with E-state index in [-0.39, 0.29) is 5.82 Å². The van der Waals surface area contributed by atoms with E-state index in [2.05, 4.69) is 9.97 Å². The number of para-hydroxylation sites is 1. The third kappa shape index (κ3) is 1.52. The normalized spacial score (nSPS) is 11.0. The summed E-state index contributed by atoms with van der Waals surface area (Å²) in [4.78, 5) is 8.49. The van der Waals surface area contributed by atoms with E-state index in [0.717, 1.165) is 5.52 Å². The van der Waals surface area contributed by atoms with Crippen molar-refractivity contribution in [1.29, 1.82) is 0 Å². The monoisotopic (exact) mass is 242 g/mol. The van der Waals surface area contributed by atoms with Gasteiger partial charge in [0.25, 0.3) is 0 Å². The van der Waals surface area contributed by atoms with Crippen LogP contribution in [-0.2, 0) is 7.05 Å². The Bertz CT molecular complexity index is 733. The van der Waals surface area contributed by atoms with Crippen molar-refractivity contribution < 1.29 is 4.39 Å². The number of nitrogen functional groups attached to an aromatic ring is 1. The molecule has 3 aromatic rings. The smallest absolute Gasteiger partial charge is 0.159 e. The van der Waals surface area contributed by atoms with Crippen LogP contribution in [0.3, 0.4) is 0 Å². The molecule has 18 heavy (non-hydrogen) atoms. The van der Waals surface area contributed by atoms with Crippen LogP contribution in [-0.4, -0.2) is 14.5 Å². The highest BCUT2D eigenvalue weighted by molar-refractivity contribution is 5.80. The van der Waals surface area contributed by atoms with Gasteiger partial charge < -0.3 is 10.3 Å². The van der Waals surface area contributed by atoms with Gasteiger partial charge >= 0.3 is 0 Å². The number of anilines is 1. The quantitative estimate of drug-likeness (QED) is 0.712. The topological polar surface area (TPSA) is 56.7 Å². The van der Waals surface area contributed by atoms with Gasteiger partial charge in [0.05, 0.1) is 5.52 Å². The van der Waals surface area contributed by atoms with Crippen molar-refractivity contribution in [1.82, 2.24) is 14.5 Å². The van der Waals surface area contributed by atoms with E-state index >= 15 is 0 Å². The van der Waals surface area contributed by atoms with Gasteiger partial charge in [0, 0.05) is 7.05 Å². The lowest BCUT2D eigenvalue weighted by molar-refractivity contribution is 0.637. The van der Waals surface area contributed by atoms with Gasteiger partial charge in [-0.1, -0.05) is 12.1 Å². The van der Waals surface area contributed by atoms with E-state index in [1.165, 1.54) is 6.07 Å². The van der Waals surface area contributed by atoms with Crippen molar-refractivity contribution in [3.63, 3.8) is 0 Å². The van der Waals surface area contributed by atoms with Crippen LogP contribution in [0.1, 0.15) is 0 Å². The fraction of sp³-hybridized carbons (Fsp3) is 0.0769. The number of fused-ring (bicyclic) bond motifs is 1. The van der Waals surface area contributed by atoms with Gasteiger partial charge in [-0.2, -0.15) is 0 Å². The highest BCUT2D eigenvalue weighted by Crippen LogP contribution is 2.24. The standard InChI is InChI=1S/C13H11FN4/c1-18-10-6-2-4-8(14)12(10)17-13(18)9-5-3-7-11(15)16-9/h2-7H,1H3,(H2,15,16). The van der Waals surface area contributed by atoms with E-state index < -0.39 is 0 Å². The molecule has 2 heterocycles. The number of aryl methyl sites for hydroxylation is 1. The molecule has 2 N–H and O–H groups in total. The van der Waals surface area contributed by atoms with Gasteiger partial charge in [-0.05, 0) is 24.3 Å². The molecule has 0 aliphatic heterocycles. The zero-order chi connectivity index (χ0) is 12.7. The predicted octanol–water partition coefficient (Wildman–Crippen LogP) is 2.36. The first kappa shape index (κ1) is 10.7. The SMILES string of the molecule is Cn1c(-c2cccc(N)n2)nc2c(F)cccc21. The molecule has 0 saturated carbocycles. The Morgan fingerprint density at radius 1 is 1.11 bits per heavy atom. The van der Waals surface area contributed by atoms with E-state index in [1.54, 1.807) is 28.8 Å². The van der Waals surface area contributed by atoms with Crippen LogP contribution >= 0.6 is 0 Å². The van der Waals surface area contributed by atoms with Gasteiger partial charge in [0.2, 0.25) is 0 Å². The van der Waals surface area contributed by atoms with Crippen LogP contribution in [0.25, 0.3) is 22.6 Å². The molecule has 4 nitrogen and oxygen atoms in total. The lowest BCUT2D eigenvalue weighted by atomic mass is 10.3. The average Bonchev–Trinajstić information content (AvgIpc) is 2.69. The number of halogens is 1. The minimum Gasteiger partial charge on any atom is -0.384 e. The lowest BCUT2D eigenvalue weighted by Crippen LogP contribution is -1.97. The van der Waals surface area contributed by atoms with Crippen molar-refractivity contribution in [2.75, 3.05) is 5.73 Å². The highest BCUT2D eigenvalue weighted by atomic mass is 19.1. The van der Waals surface area contributed by atoms with E-state index in [9.17, 15) is 4.39 Å². The molecular weight excluding hydrogens is 231 g/mol. The summed E-state index contributed by atoms with van der Waals surface area (Å²) in [5.41, 5.74) is 7.36. The Kier molecular flexibility index (Phi) is 2.26. The second-order valence-corrected chi connectivity index (χ2v) is 4.05. The van der Waals surface area contributed by atoms with Crippen LogP contribution in [0, 0.1) is 5.82 Å². The Morgan fingerprint density at radius 3 is 2.61 bits per heavy atom. The molecule has 0 unspecified atom stereocenters. The maximum absolute atomic E-state index is 13.7. The first-order valence-corrected chi connectivity index (χ1v) is 5.50. The molecule has 0 aliphatic carbocycles. The molecule has 0 fully saturated rings. The van der Waals surface area contributed by atoms with Gasteiger partial charge in [-0.3, -0.25) is 0 Å². The summed E-state index contributed by atoms with van der Waals surface area (Å²) in [6.07, 6.45) is 0. The van der Waals surface area contributed by atoms with Gasteiger partial charge in [0.15, 0.2) is 11.6 Å². The van der Waals surface area contributed by atoms with Crippen molar-refractivity contribution >= 4 is 16.9 Å². The number of nitrogens with two attached hydrogens (primary N) is 1. The fourth-order valence-electron chi connectivity index (χ4n) is 1.99. The molecule has 1 aromatic carbocycles. The third-order valence-electron chi connectivity index (χ3n) is 2.86. The molecular formula is C13H11FN4. The summed E-state index contributed by atoms with van der Waals surface area (Å²) < 4.78 is 15.5. The summed E-state index contributed by atoms with van der Waals surface area (Å²) >= 11 is 0. The third-order valence-corrected chi connectivity index (χ3v) is 2.86. The first-order valence-electron chi connectivity index (χ1n) is 5.50. The zero-order valence-corrected chi connectivity index (χ0v) is 9.76. The van der Waals surface area contributed by atoms with Crippen LogP contribution in [0.2, 0.25) is 0 Å². The Balaban J connectivity index is 2.30. The highest BCUT2D eigenvalue weighted by Gasteiger charge is 2.13. The number of nitrogens with zero attached hydrogens (tertiary/aromatic N) is 3. The Hall–Kier alpha value is -2.43. The molecule has 0 atom stereocenters. The molecule has 0 radical (unpaired) electrons. The number of rotatable bonds is 1. The molecule has 3 rings (SSSR count). The second-order valence-electron chi connectivity index (χ2n) is 4.05. The molecule has 0 spiro atoms. The minimum absolute atomic E-state index is 0.335. The zero-order valence-electron chi connectivity index (χ0n) is 9.76. The van der Waals surface area contributed by atoms with E-state index in [4.69, 9.17) is 5.73 Å². The summed E-state index contributed by atoms with van der Waals surface area (Å²) in [5.74, 6) is 0.681. The second kappa shape index (κ2) is 3.80. The van der Waals surface area contributed by atoms with Crippen LogP contribution in [0.15, 0.2) is 36.4 Å². The number of aromatic nitrogens is 3. The fourth-order valence-corrected chi connectivity index (χ4v) is 1.99. The molecule has 0 bridgehead atoms. The predicted molar refractivity (Wildman–Crippen MR) is 68.3 cm³/mol. The van der Waals surface area contributed by atoms with E-state index in [0.29, 0.717) is 22.9 Å². The van der Waals surface area contributed by atoms with Crippen molar-refractivity contribution in [3.05, 3.63) is 42.2 Å². The largest absolute Gasteiger partial charge is 0.384 e. The molecule has 5 heteroatoms. The van der Waals surface area contributed by atoms with E-state index in [1.807, 2.05) is 13.1 Å². The number of hydrogen-bond acceptors (Lipinski definition) is 3. The van der Waals surface area contributed by atoms with Gasteiger partial charge in [-0.25, -0.2) is 14.4 Å². The Morgan fingerprint density at radius 2 is 1.89 bits per heavy atom. The van der Waals surface area contributed by atoms with Crippen molar-refractivity contribution in [3.8, 4) is 11.5 Å². The average molecular weight is 242 g/mol. The molecule has 0 aliphatic rings. The molecule has 0 amide bonds. The number of imidazole rings is 1. The maximum Gasteiger partial charge on any atom is 0.159 e. The minimum atomic E-state index is -0.335. The number of pyridine rings is 1. The summed E-state index contributed by atoms with van der Waals surface area (Å²) in [6, 6.07) is 10.2. The lowest BCUT2D eigenvalue weighted by Gasteiger charge is -2.02. The molecule has 2 aromatic heterocycles. The van der Waals surface area contributed by atoms with Crippen molar-refractivity contribution in [2.45, 2.75) is 0 Å². The Labute approximate surface area is 103 Å². The number of hydrogen-bond donors (Lipinski definition) is 1. The van der Waals surface area contributed by atoms with Crippen LogP contribution < -0.4 is 5.73 Å². The summed E-state index contributed by atoms with van der Waals surface area (Å²) in [6.45, 7) is 0. The van der Waals surface area contributed by atoms with Crippen LogP contribution in [0.4, 0.5) is 10.2 Å². The van der Waals surface area contributed by atoms with Gasteiger partial charge in [-0.15, -0.1) is 0 Å². The number of benzene rings is 1. The van der Waals surface area contributed by atoms with Crippen LogP contribution in [0.5, 0.6) is 0 Å². The maximum atomic E-state index is 13.7. The molecule has 0 saturated heterocycles. The van der Waals surface area contributed by atoms with Crippen molar-refractivity contribution in [2.24, 2.45) is 7.05 Å².